The topological polar surface area (TPSA) is 95.9 Å². The zero-order valence-corrected chi connectivity index (χ0v) is 24.2. The van der Waals surface area contributed by atoms with Crippen molar-refractivity contribution in [1.82, 2.24) is 10.2 Å². The van der Waals surface area contributed by atoms with E-state index >= 15 is 0 Å². The van der Waals surface area contributed by atoms with Gasteiger partial charge in [0, 0.05) is 19.5 Å². The van der Waals surface area contributed by atoms with Gasteiger partial charge in [-0.1, -0.05) is 84.9 Å². The van der Waals surface area contributed by atoms with Crippen LogP contribution in [-0.4, -0.2) is 53.6 Å². The smallest absolute Gasteiger partial charge is 0.309 e. The maximum atomic E-state index is 13.6. The number of aliphatic hydroxyl groups excluding tert-OH is 1. The molecule has 0 saturated carbocycles. The normalized spacial score (nSPS) is 20.2. The molecule has 4 rings (SSSR count). The highest BCUT2D eigenvalue weighted by molar-refractivity contribution is 5.86. The predicted octanol–water partition coefficient (Wildman–Crippen LogP) is 4.63. The fourth-order valence-corrected chi connectivity index (χ4v) is 5.20. The number of nitrogens with one attached hydrogen (secondary N) is 1. The third-order valence-electron chi connectivity index (χ3n) is 7.57. The van der Waals surface area contributed by atoms with Gasteiger partial charge in [-0.2, -0.15) is 0 Å². The van der Waals surface area contributed by atoms with E-state index in [9.17, 15) is 23.9 Å². The van der Waals surface area contributed by atoms with Crippen LogP contribution in [-0.2, 0) is 38.5 Å². The van der Waals surface area contributed by atoms with Crippen molar-refractivity contribution in [3.63, 3.8) is 0 Å². The highest BCUT2D eigenvalue weighted by Crippen LogP contribution is 2.20. The molecular formula is C35H39FN2O5. The molecule has 0 radical (unpaired) electrons. The van der Waals surface area contributed by atoms with E-state index in [1.807, 2.05) is 72.8 Å². The van der Waals surface area contributed by atoms with E-state index < -0.39 is 17.9 Å². The minimum atomic E-state index is -0.648. The SMILES string of the molecule is O=C1N[C@H](Cc2ccccc2)COC(=O)[C@H](Cc2ccc(F)cc2)C/C=C\C[C@@H]1CC(=O)N(CCO)Cc1ccccc1. The Hall–Kier alpha value is -4.30. The number of carbonyl (C=O) groups is 3. The quantitative estimate of drug-likeness (QED) is 0.267. The first kappa shape index (κ1) is 31.6. The van der Waals surface area contributed by atoms with E-state index in [1.165, 1.54) is 12.1 Å². The molecule has 0 spiro atoms. The van der Waals surface area contributed by atoms with Crippen molar-refractivity contribution in [1.29, 1.82) is 0 Å². The summed E-state index contributed by atoms with van der Waals surface area (Å²) in [7, 11) is 0. The molecule has 0 bridgehead atoms. The molecule has 3 aromatic rings. The molecule has 2 amide bonds. The summed E-state index contributed by atoms with van der Waals surface area (Å²) in [6.07, 6.45) is 5.18. The zero-order valence-electron chi connectivity index (χ0n) is 24.2. The second-order valence-electron chi connectivity index (χ2n) is 10.9. The molecule has 1 aliphatic rings. The zero-order chi connectivity index (χ0) is 30.4. The second-order valence-corrected chi connectivity index (χ2v) is 10.9. The van der Waals surface area contributed by atoms with Gasteiger partial charge in [0.05, 0.1) is 24.5 Å². The summed E-state index contributed by atoms with van der Waals surface area (Å²) in [5.74, 6) is -2.37. The van der Waals surface area contributed by atoms with Gasteiger partial charge < -0.3 is 20.1 Å². The van der Waals surface area contributed by atoms with E-state index in [0.717, 1.165) is 16.7 Å². The first-order valence-corrected chi connectivity index (χ1v) is 14.7. The molecule has 0 saturated heterocycles. The van der Waals surface area contributed by atoms with Crippen LogP contribution >= 0.6 is 0 Å². The Morgan fingerprint density at radius 2 is 1.44 bits per heavy atom. The molecule has 1 heterocycles. The lowest BCUT2D eigenvalue weighted by atomic mass is 9.93. The molecule has 3 atom stereocenters. The van der Waals surface area contributed by atoms with Crippen LogP contribution in [0.2, 0.25) is 0 Å². The number of esters is 1. The molecular weight excluding hydrogens is 547 g/mol. The number of amides is 2. The van der Waals surface area contributed by atoms with Gasteiger partial charge in [0.25, 0.3) is 0 Å². The summed E-state index contributed by atoms with van der Waals surface area (Å²) >= 11 is 0. The Balaban J connectivity index is 1.53. The molecule has 43 heavy (non-hydrogen) atoms. The summed E-state index contributed by atoms with van der Waals surface area (Å²) in [6.45, 7) is 0.293. The van der Waals surface area contributed by atoms with Crippen LogP contribution in [0.1, 0.15) is 36.0 Å². The summed E-state index contributed by atoms with van der Waals surface area (Å²) in [5.41, 5.74) is 2.73. The molecule has 1 aliphatic heterocycles. The summed E-state index contributed by atoms with van der Waals surface area (Å²) < 4.78 is 19.2. The highest BCUT2D eigenvalue weighted by atomic mass is 19.1. The number of aliphatic hydroxyl groups is 1. The van der Waals surface area contributed by atoms with Crippen molar-refractivity contribution in [2.24, 2.45) is 11.8 Å². The van der Waals surface area contributed by atoms with Crippen LogP contribution in [0, 0.1) is 17.7 Å². The first-order chi connectivity index (χ1) is 20.9. The molecule has 2 N–H and O–H groups in total. The number of benzene rings is 3. The van der Waals surface area contributed by atoms with Crippen LogP contribution < -0.4 is 5.32 Å². The maximum absolute atomic E-state index is 13.6. The summed E-state index contributed by atoms with van der Waals surface area (Å²) in [6, 6.07) is 24.7. The molecule has 226 valence electrons. The van der Waals surface area contributed by atoms with E-state index in [1.54, 1.807) is 17.0 Å². The van der Waals surface area contributed by atoms with Crippen LogP contribution in [0.5, 0.6) is 0 Å². The Morgan fingerprint density at radius 3 is 2.09 bits per heavy atom. The lowest BCUT2D eigenvalue weighted by molar-refractivity contribution is -0.150. The van der Waals surface area contributed by atoms with Crippen molar-refractivity contribution >= 4 is 17.8 Å². The monoisotopic (exact) mass is 586 g/mol. The largest absolute Gasteiger partial charge is 0.463 e. The third kappa shape index (κ3) is 10.2. The van der Waals surface area contributed by atoms with Crippen molar-refractivity contribution in [2.45, 2.75) is 44.7 Å². The Morgan fingerprint density at radius 1 is 0.837 bits per heavy atom. The lowest BCUT2D eigenvalue weighted by Crippen LogP contribution is -2.45. The van der Waals surface area contributed by atoms with E-state index in [2.05, 4.69) is 5.32 Å². The van der Waals surface area contributed by atoms with Gasteiger partial charge >= 0.3 is 5.97 Å². The number of ether oxygens (including phenoxy) is 1. The van der Waals surface area contributed by atoms with E-state index in [0.29, 0.717) is 32.2 Å². The second kappa shape index (κ2) is 16.4. The minimum Gasteiger partial charge on any atom is -0.463 e. The molecule has 3 aromatic carbocycles. The standard InChI is InChI=1S/C35H39FN2O5/c36-31-17-15-27(16-18-31)21-30-14-8-7-13-29(23-33(40)38(19-20-39)24-28-11-5-2-6-12-28)34(41)37-32(25-43-35(30)42)22-26-9-3-1-4-10-26/h1-12,15-18,29-30,32,39H,13-14,19-25H2,(H,37,41)/b8-7-/t29-,30+,32-/m1/s1. The number of hydrogen-bond acceptors (Lipinski definition) is 5. The van der Waals surface area contributed by atoms with Crippen LogP contribution in [0.15, 0.2) is 97.1 Å². The molecule has 0 fully saturated rings. The van der Waals surface area contributed by atoms with Gasteiger partial charge in [-0.3, -0.25) is 14.4 Å². The number of halogens is 1. The molecule has 0 unspecified atom stereocenters. The van der Waals surface area contributed by atoms with Crippen LogP contribution in [0.25, 0.3) is 0 Å². The average molecular weight is 587 g/mol. The fourth-order valence-electron chi connectivity index (χ4n) is 5.20. The van der Waals surface area contributed by atoms with Gasteiger partial charge in [0.2, 0.25) is 11.8 Å². The van der Waals surface area contributed by atoms with Gasteiger partial charge in [0.1, 0.15) is 12.4 Å². The van der Waals surface area contributed by atoms with Gasteiger partial charge in [-0.15, -0.1) is 0 Å². The third-order valence-corrected chi connectivity index (χ3v) is 7.57. The summed E-state index contributed by atoms with van der Waals surface area (Å²) in [5, 5.41) is 12.7. The first-order valence-electron chi connectivity index (χ1n) is 14.7. The predicted molar refractivity (Wildman–Crippen MR) is 162 cm³/mol. The Labute approximate surface area is 252 Å². The Kier molecular flexibility index (Phi) is 12.0. The Bertz CT molecular complexity index is 1350. The van der Waals surface area contributed by atoms with Gasteiger partial charge in [-0.05, 0) is 54.5 Å². The molecule has 0 aromatic heterocycles. The lowest BCUT2D eigenvalue weighted by Gasteiger charge is -2.26. The van der Waals surface area contributed by atoms with Crippen molar-refractivity contribution in [3.8, 4) is 0 Å². The van der Waals surface area contributed by atoms with E-state index in [-0.39, 0.29) is 49.8 Å². The number of rotatable bonds is 10. The minimum absolute atomic E-state index is 0.0194. The van der Waals surface area contributed by atoms with Gasteiger partial charge in [0.15, 0.2) is 0 Å². The van der Waals surface area contributed by atoms with Crippen LogP contribution in [0.4, 0.5) is 4.39 Å². The summed E-state index contributed by atoms with van der Waals surface area (Å²) in [4.78, 5) is 41.8. The van der Waals surface area contributed by atoms with E-state index in [4.69, 9.17) is 4.74 Å². The fraction of sp³-hybridized carbons (Fsp3) is 0.343. The number of carbonyl (C=O) groups excluding carboxylic acids is 3. The number of hydrogen-bond donors (Lipinski definition) is 2. The van der Waals surface area contributed by atoms with Gasteiger partial charge in [-0.25, -0.2) is 4.39 Å². The number of cyclic esters (lactones) is 1. The molecule has 8 heteroatoms. The number of nitrogens with zero attached hydrogens (tertiary/aromatic N) is 1. The molecule has 0 aliphatic carbocycles. The van der Waals surface area contributed by atoms with Crippen molar-refractivity contribution in [3.05, 3.63) is 120 Å². The maximum Gasteiger partial charge on any atom is 0.309 e. The number of allylic oxidation sites excluding steroid dienone is 2. The average Bonchev–Trinajstić information content (AvgIpc) is 3.01. The van der Waals surface area contributed by atoms with Crippen molar-refractivity contribution in [2.75, 3.05) is 19.8 Å². The van der Waals surface area contributed by atoms with Crippen molar-refractivity contribution < 1.29 is 28.6 Å². The highest BCUT2D eigenvalue weighted by Gasteiger charge is 2.28. The molecule has 7 nitrogen and oxygen atoms in total. The van der Waals surface area contributed by atoms with Crippen LogP contribution in [0.3, 0.4) is 0 Å².